The molecule has 1 N–H and O–H groups in total. The molecule has 1 aliphatic heterocycles. The standard InChI is InChI=1S/C20H26FN3O3/c1-20(2,24-9-11-26-12-10-24)14-23-18(25)7-8-19-22-13-17(27-19)15-5-3-4-6-16(15)21/h3-6,13H,7-12,14H2,1-2H3,(H,23,25). The largest absolute Gasteiger partial charge is 0.441 e. The zero-order valence-electron chi connectivity index (χ0n) is 15.8. The molecule has 1 fully saturated rings. The van der Waals surface area contributed by atoms with Crippen LogP contribution in [0.1, 0.15) is 26.2 Å². The van der Waals surface area contributed by atoms with Crippen LogP contribution in [0, 0.1) is 5.82 Å². The van der Waals surface area contributed by atoms with Crippen molar-refractivity contribution in [3.05, 3.63) is 42.2 Å². The molecule has 7 heteroatoms. The van der Waals surface area contributed by atoms with E-state index < -0.39 is 0 Å². The highest BCUT2D eigenvalue weighted by Crippen LogP contribution is 2.23. The first kappa shape index (κ1) is 19.5. The number of carbonyl (C=O) groups excluding carboxylic acids is 1. The summed E-state index contributed by atoms with van der Waals surface area (Å²) < 4.78 is 24.8. The Bertz CT molecular complexity index is 769. The third-order valence-corrected chi connectivity index (χ3v) is 4.84. The average Bonchev–Trinajstić information content (AvgIpc) is 3.15. The maximum absolute atomic E-state index is 13.8. The molecule has 0 saturated carbocycles. The topological polar surface area (TPSA) is 67.6 Å². The third kappa shape index (κ3) is 5.14. The molecule has 0 radical (unpaired) electrons. The van der Waals surface area contributed by atoms with Gasteiger partial charge in [0.2, 0.25) is 5.91 Å². The van der Waals surface area contributed by atoms with Gasteiger partial charge in [0, 0.05) is 38.0 Å². The van der Waals surface area contributed by atoms with E-state index in [4.69, 9.17) is 9.15 Å². The highest BCUT2D eigenvalue weighted by Gasteiger charge is 2.28. The lowest BCUT2D eigenvalue weighted by atomic mass is 10.0. The van der Waals surface area contributed by atoms with Crippen molar-refractivity contribution < 1.29 is 18.3 Å². The van der Waals surface area contributed by atoms with Gasteiger partial charge in [-0.3, -0.25) is 9.69 Å². The summed E-state index contributed by atoms with van der Waals surface area (Å²) in [6.45, 7) is 8.01. The van der Waals surface area contributed by atoms with Gasteiger partial charge in [-0.15, -0.1) is 0 Å². The molecular weight excluding hydrogens is 349 g/mol. The molecule has 2 heterocycles. The molecule has 27 heavy (non-hydrogen) atoms. The number of oxazole rings is 1. The van der Waals surface area contributed by atoms with Crippen LogP contribution in [0.2, 0.25) is 0 Å². The van der Waals surface area contributed by atoms with Gasteiger partial charge in [-0.05, 0) is 26.0 Å². The molecule has 1 aliphatic rings. The minimum Gasteiger partial charge on any atom is -0.441 e. The molecule has 1 aromatic heterocycles. The van der Waals surface area contributed by atoms with Crippen molar-refractivity contribution in [1.82, 2.24) is 15.2 Å². The third-order valence-electron chi connectivity index (χ3n) is 4.84. The Morgan fingerprint density at radius 1 is 1.30 bits per heavy atom. The van der Waals surface area contributed by atoms with Crippen LogP contribution in [0.4, 0.5) is 4.39 Å². The molecule has 0 atom stereocenters. The molecule has 0 aliphatic carbocycles. The van der Waals surface area contributed by atoms with Crippen LogP contribution in [-0.2, 0) is 16.0 Å². The van der Waals surface area contributed by atoms with E-state index >= 15 is 0 Å². The number of aromatic nitrogens is 1. The van der Waals surface area contributed by atoms with Crippen LogP contribution in [0.15, 0.2) is 34.9 Å². The van der Waals surface area contributed by atoms with E-state index in [1.54, 1.807) is 18.2 Å². The van der Waals surface area contributed by atoms with E-state index in [9.17, 15) is 9.18 Å². The molecule has 3 rings (SSSR count). The fourth-order valence-corrected chi connectivity index (χ4v) is 3.12. The molecule has 146 valence electrons. The number of ether oxygens (including phenoxy) is 1. The van der Waals surface area contributed by atoms with Crippen LogP contribution < -0.4 is 5.32 Å². The Labute approximate surface area is 158 Å². The summed E-state index contributed by atoms with van der Waals surface area (Å²) in [4.78, 5) is 18.7. The number of benzene rings is 1. The van der Waals surface area contributed by atoms with Crippen LogP contribution >= 0.6 is 0 Å². The molecule has 2 aromatic rings. The highest BCUT2D eigenvalue weighted by molar-refractivity contribution is 5.76. The van der Waals surface area contributed by atoms with E-state index in [0.717, 1.165) is 26.3 Å². The van der Waals surface area contributed by atoms with E-state index in [1.165, 1.54) is 12.3 Å². The predicted molar refractivity (Wildman–Crippen MR) is 99.7 cm³/mol. The first-order valence-corrected chi connectivity index (χ1v) is 9.25. The Kier molecular flexibility index (Phi) is 6.23. The minimum absolute atomic E-state index is 0.0537. The lowest BCUT2D eigenvalue weighted by Crippen LogP contribution is -2.55. The normalized spacial score (nSPS) is 15.7. The minimum atomic E-state index is -0.358. The van der Waals surface area contributed by atoms with Gasteiger partial charge in [-0.2, -0.15) is 0 Å². The SMILES string of the molecule is CC(C)(CNC(=O)CCc1ncc(-c2ccccc2F)o1)N1CCOCC1. The van der Waals surface area contributed by atoms with Gasteiger partial charge >= 0.3 is 0 Å². The van der Waals surface area contributed by atoms with Crippen LogP contribution in [0.25, 0.3) is 11.3 Å². The molecule has 0 spiro atoms. The van der Waals surface area contributed by atoms with Gasteiger partial charge in [0.1, 0.15) is 5.82 Å². The van der Waals surface area contributed by atoms with Gasteiger partial charge in [0.05, 0.1) is 25.0 Å². The maximum atomic E-state index is 13.8. The number of rotatable bonds is 7. The van der Waals surface area contributed by atoms with Crippen LogP contribution in [-0.4, -0.2) is 54.2 Å². The summed E-state index contributed by atoms with van der Waals surface area (Å²) in [6, 6.07) is 6.38. The quantitative estimate of drug-likeness (QED) is 0.806. The Morgan fingerprint density at radius 3 is 2.78 bits per heavy atom. The Hall–Kier alpha value is -2.25. The summed E-state index contributed by atoms with van der Waals surface area (Å²) in [6.07, 6.45) is 2.14. The lowest BCUT2D eigenvalue weighted by Gasteiger charge is -2.40. The fraction of sp³-hybridized carbons (Fsp3) is 0.500. The van der Waals surface area contributed by atoms with Crippen molar-refractivity contribution in [3.63, 3.8) is 0 Å². The molecule has 1 aromatic carbocycles. The number of hydrogen-bond acceptors (Lipinski definition) is 5. The van der Waals surface area contributed by atoms with Crippen molar-refractivity contribution in [1.29, 1.82) is 0 Å². The lowest BCUT2D eigenvalue weighted by molar-refractivity contribution is -0.121. The number of aryl methyl sites for hydroxylation is 1. The summed E-state index contributed by atoms with van der Waals surface area (Å²) in [5.74, 6) is 0.387. The van der Waals surface area contributed by atoms with Gasteiger partial charge < -0.3 is 14.5 Å². The number of halogens is 1. The number of amides is 1. The second-order valence-corrected chi connectivity index (χ2v) is 7.29. The van der Waals surface area contributed by atoms with Crippen molar-refractivity contribution >= 4 is 5.91 Å². The van der Waals surface area contributed by atoms with Crippen molar-refractivity contribution in [3.8, 4) is 11.3 Å². The summed E-state index contributed by atoms with van der Waals surface area (Å²) in [7, 11) is 0. The molecule has 6 nitrogen and oxygen atoms in total. The molecule has 0 bridgehead atoms. The first-order valence-electron chi connectivity index (χ1n) is 9.25. The number of morpholine rings is 1. The van der Waals surface area contributed by atoms with Crippen LogP contribution in [0.3, 0.4) is 0 Å². The monoisotopic (exact) mass is 375 g/mol. The smallest absolute Gasteiger partial charge is 0.220 e. The average molecular weight is 375 g/mol. The number of nitrogens with zero attached hydrogens (tertiary/aromatic N) is 2. The summed E-state index contributed by atoms with van der Waals surface area (Å²) >= 11 is 0. The van der Waals surface area contributed by atoms with Gasteiger partial charge in [-0.1, -0.05) is 12.1 Å². The zero-order valence-corrected chi connectivity index (χ0v) is 15.8. The number of carbonyl (C=O) groups is 1. The van der Waals surface area contributed by atoms with Crippen molar-refractivity contribution in [2.24, 2.45) is 0 Å². The second-order valence-electron chi connectivity index (χ2n) is 7.29. The number of nitrogens with one attached hydrogen (secondary N) is 1. The van der Waals surface area contributed by atoms with Crippen molar-refractivity contribution in [2.75, 3.05) is 32.8 Å². The van der Waals surface area contributed by atoms with Gasteiger partial charge in [0.15, 0.2) is 11.7 Å². The highest BCUT2D eigenvalue weighted by atomic mass is 19.1. The molecule has 1 saturated heterocycles. The zero-order chi connectivity index (χ0) is 19.3. The predicted octanol–water partition coefficient (Wildman–Crippen LogP) is 2.64. The molecule has 1 amide bonds. The van der Waals surface area contributed by atoms with E-state index in [-0.39, 0.29) is 23.7 Å². The van der Waals surface area contributed by atoms with E-state index in [2.05, 4.69) is 29.0 Å². The Morgan fingerprint density at radius 2 is 2.04 bits per heavy atom. The molecule has 0 unspecified atom stereocenters. The second kappa shape index (κ2) is 8.63. The van der Waals surface area contributed by atoms with Crippen molar-refractivity contribution in [2.45, 2.75) is 32.2 Å². The number of hydrogen-bond donors (Lipinski definition) is 1. The summed E-state index contributed by atoms with van der Waals surface area (Å²) in [5.41, 5.74) is 0.244. The van der Waals surface area contributed by atoms with E-state index in [0.29, 0.717) is 30.2 Å². The fourth-order valence-electron chi connectivity index (χ4n) is 3.12. The Balaban J connectivity index is 1.47. The molecular formula is C20H26FN3O3. The van der Waals surface area contributed by atoms with E-state index in [1.807, 2.05) is 0 Å². The maximum Gasteiger partial charge on any atom is 0.220 e. The van der Waals surface area contributed by atoms with Gasteiger partial charge in [-0.25, -0.2) is 9.37 Å². The van der Waals surface area contributed by atoms with Crippen LogP contribution in [0.5, 0.6) is 0 Å². The van der Waals surface area contributed by atoms with Gasteiger partial charge in [0.25, 0.3) is 0 Å². The first-order chi connectivity index (χ1) is 13.0. The summed E-state index contributed by atoms with van der Waals surface area (Å²) in [5, 5.41) is 2.99.